The van der Waals surface area contributed by atoms with Gasteiger partial charge in [0, 0.05) is 0 Å². The Morgan fingerprint density at radius 3 is 2.48 bits per heavy atom. The lowest BCUT2D eigenvalue weighted by molar-refractivity contribution is 0.482. The lowest BCUT2D eigenvalue weighted by Crippen LogP contribution is -2.02. The van der Waals surface area contributed by atoms with Crippen LogP contribution in [0, 0.1) is 6.92 Å². The van der Waals surface area contributed by atoms with Crippen molar-refractivity contribution in [3.8, 4) is 11.5 Å². The van der Waals surface area contributed by atoms with E-state index in [1.165, 1.54) is 11.1 Å². The van der Waals surface area contributed by atoms with Gasteiger partial charge in [-0.2, -0.15) is 0 Å². The van der Waals surface area contributed by atoms with Gasteiger partial charge in [-0.05, 0) is 66.8 Å². The summed E-state index contributed by atoms with van der Waals surface area (Å²) in [6, 6.07) is 12.0. The van der Waals surface area contributed by atoms with Gasteiger partial charge in [0.25, 0.3) is 0 Å². The Kier molecular flexibility index (Phi) is 5.27. The zero-order valence-electron chi connectivity index (χ0n) is 12.8. The average Bonchev–Trinajstić information content (AvgIpc) is 2.42. The van der Waals surface area contributed by atoms with Crippen molar-refractivity contribution in [1.82, 2.24) is 0 Å². The van der Waals surface area contributed by atoms with Crippen LogP contribution in [0.1, 0.15) is 36.5 Å². The predicted octanol–water partition coefficient (Wildman–Crippen LogP) is 5.07. The van der Waals surface area contributed by atoms with E-state index in [1.807, 2.05) is 24.3 Å². The molecule has 3 heteroatoms. The minimum absolute atomic E-state index is 0.512. The summed E-state index contributed by atoms with van der Waals surface area (Å²) in [4.78, 5) is 0. The van der Waals surface area contributed by atoms with Gasteiger partial charge in [-0.15, -0.1) is 0 Å². The van der Waals surface area contributed by atoms with Crippen molar-refractivity contribution in [2.24, 2.45) is 5.73 Å². The fourth-order valence-corrected chi connectivity index (χ4v) is 2.68. The molecule has 0 amide bonds. The van der Waals surface area contributed by atoms with E-state index < -0.39 is 0 Å². The molecule has 0 heterocycles. The first-order valence-electron chi connectivity index (χ1n) is 7.28. The van der Waals surface area contributed by atoms with Crippen LogP contribution in [-0.2, 0) is 6.42 Å². The quantitative estimate of drug-likeness (QED) is 0.837. The van der Waals surface area contributed by atoms with Gasteiger partial charge in [-0.25, -0.2) is 0 Å². The van der Waals surface area contributed by atoms with Gasteiger partial charge in [0.1, 0.15) is 11.5 Å². The van der Waals surface area contributed by atoms with E-state index in [0.29, 0.717) is 23.2 Å². The first kappa shape index (κ1) is 15.9. The van der Waals surface area contributed by atoms with Crippen molar-refractivity contribution in [2.45, 2.75) is 33.1 Å². The molecule has 112 valence electrons. The average molecular weight is 304 g/mol. The Morgan fingerprint density at radius 1 is 1.14 bits per heavy atom. The van der Waals surface area contributed by atoms with E-state index in [2.05, 4.69) is 32.9 Å². The van der Waals surface area contributed by atoms with Gasteiger partial charge < -0.3 is 10.5 Å². The number of hydrogen-bond donors (Lipinski definition) is 1. The Labute approximate surface area is 131 Å². The highest BCUT2D eigenvalue weighted by Crippen LogP contribution is 2.32. The Balaban J connectivity index is 2.20. The maximum Gasteiger partial charge on any atom is 0.146 e. The molecule has 2 N–H and O–H groups in total. The normalized spacial score (nSPS) is 11.0. The Bertz CT molecular complexity index is 623. The number of benzene rings is 2. The van der Waals surface area contributed by atoms with E-state index in [1.54, 1.807) is 0 Å². The number of nitrogens with two attached hydrogens (primary N) is 1. The predicted molar refractivity (Wildman–Crippen MR) is 89.6 cm³/mol. The first-order valence-corrected chi connectivity index (χ1v) is 7.66. The van der Waals surface area contributed by atoms with Gasteiger partial charge in [-0.3, -0.25) is 0 Å². The minimum atomic E-state index is 0.512. The lowest BCUT2D eigenvalue weighted by atomic mass is 9.98. The molecule has 2 rings (SSSR count). The van der Waals surface area contributed by atoms with Crippen LogP contribution in [0.15, 0.2) is 36.4 Å². The van der Waals surface area contributed by atoms with Gasteiger partial charge >= 0.3 is 0 Å². The largest absolute Gasteiger partial charge is 0.456 e. The Hall–Kier alpha value is -1.51. The van der Waals surface area contributed by atoms with Crippen molar-refractivity contribution in [2.75, 3.05) is 6.54 Å². The second kappa shape index (κ2) is 6.97. The molecular weight excluding hydrogens is 282 g/mol. The van der Waals surface area contributed by atoms with Gasteiger partial charge in [0.05, 0.1) is 5.02 Å². The summed E-state index contributed by atoms with van der Waals surface area (Å²) in [5.41, 5.74) is 9.25. The molecule has 0 aromatic heterocycles. The molecule has 0 radical (unpaired) electrons. The van der Waals surface area contributed by atoms with Crippen LogP contribution in [0.4, 0.5) is 0 Å². The summed E-state index contributed by atoms with van der Waals surface area (Å²) < 4.78 is 5.89. The van der Waals surface area contributed by atoms with Gasteiger partial charge in [0.15, 0.2) is 0 Å². The van der Waals surface area contributed by atoms with Crippen molar-refractivity contribution < 1.29 is 4.74 Å². The fourth-order valence-electron chi connectivity index (χ4n) is 2.44. The summed E-state index contributed by atoms with van der Waals surface area (Å²) in [7, 11) is 0. The van der Waals surface area contributed by atoms with Crippen LogP contribution >= 0.6 is 11.6 Å². The van der Waals surface area contributed by atoms with E-state index >= 15 is 0 Å². The topological polar surface area (TPSA) is 35.2 Å². The molecule has 0 atom stereocenters. The molecule has 0 unspecified atom stereocenters. The van der Waals surface area contributed by atoms with E-state index in [0.717, 1.165) is 17.7 Å². The highest BCUT2D eigenvalue weighted by atomic mass is 35.5. The summed E-state index contributed by atoms with van der Waals surface area (Å²) >= 11 is 6.27. The number of halogens is 1. The summed E-state index contributed by atoms with van der Waals surface area (Å²) in [5, 5.41) is 0.617. The second-order valence-corrected chi connectivity index (χ2v) is 5.99. The second-order valence-electron chi connectivity index (χ2n) is 5.58. The molecule has 2 aromatic carbocycles. The molecule has 2 aromatic rings. The highest BCUT2D eigenvalue weighted by Gasteiger charge is 2.08. The molecule has 2 nitrogen and oxygen atoms in total. The number of hydrogen-bond acceptors (Lipinski definition) is 2. The van der Waals surface area contributed by atoms with Crippen molar-refractivity contribution in [3.63, 3.8) is 0 Å². The third-order valence-electron chi connectivity index (χ3n) is 3.52. The number of ether oxygens (including phenoxy) is 1. The Morgan fingerprint density at radius 2 is 1.90 bits per heavy atom. The lowest BCUT2D eigenvalue weighted by Gasteiger charge is -2.13. The zero-order valence-corrected chi connectivity index (χ0v) is 13.6. The molecule has 0 aliphatic heterocycles. The summed E-state index contributed by atoms with van der Waals surface area (Å²) in [6.45, 7) is 7.10. The zero-order chi connectivity index (χ0) is 15.4. The SMILES string of the molecule is Cc1cc(Oc2ccc(CCN)cc2Cl)ccc1C(C)C. The molecule has 0 spiro atoms. The van der Waals surface area contributed by atoms with Crippen molar-refractivity contribution >= 4 is 11.6 Å². The van der Waals surface area contributed by atoms with Crippen LogP contribution in [-0.4, -0.2) is 6.54 Å². The molecule has 0 saturated carbocycles. The third kappa shape index (κ3) is 3.99. The fraction of sp³-hybridized carbons (Fsp3) is 0.333. The molecule has 0 aliphatic carbocycles. The maximum absolute atomic E-state index is 6.27. The molecule has 0 fully saturated rings. The van der Waals surface area contributed by atoms with E-state index in [9.17, 15) is 0 Å². The van der Waals surface area contributed by atoms with Crippen molar-refractivity contribution in [3.05, 3.63) is 58.1 Å². The van der Waals surface area contributed by atoms with Crippen LogP contribution in [0.25, 0.3) is 0 Å². The highest BCUT2D eigenvalue weighted by molar-refractivity contribution is 6.32. The smallest absolute Gasteiger partial charge is 0.146 e. The molecular formula is C18H22ClNO. The number of aryl methyl sites for hydroxylation is 1. The third-order valence-corrected chi connectivity index (χ3v) is 3.82. The van der Waals surface area contributed by atoms with Crippen molar-refractivity contribution in [1.29, 1.82) is 0 Å². The van der Waals surface area contributed by atoms with Gasteiger partial charge in [-0.1, -0.05) is 37.6 Å². The van der Waals surface area contributed by atoms with E-state index in [-0.39, 0.29) is 0 Å². The van der Waals surface area contributed by atoms with Crippen LogP contribution in [0.2, 0.25) is 5.02 Å². The minimum Gasteiger partial charge on any atom is -0.456 e. The number of rotatable bonds is 5. The monoisotopic (exact) mass is 303 g/mol. The molecule has 21 heavy (non-hydrogen) atoms. The maximum atomic E-state index is 6.27. The first-order chi connectivity index (χ1) is 10.0. The summed E-state index contributed by atoms with van der Waals surface area (Å²) in [5.74, 6) is 2.00. The van der Waals surface area contributed by atoms with E-state index in [4.69, 9.17) is 22.1 Å². The molecule has 0 bridgehead atoms. The molecule has 0 saturated heterocycles. The molecule has 0 aliphatic rings. The van der Waals surface area contributed by atoms with Crippen LogP contribution in [0.5, 0.6) is 11.5 Å². The summed E-state index contributed by atoms with van der Waals surface area (Å²) in [6.07, 6.45) is 0.822. The van der Waals surface area contributed by atoms with Crippen LogP contribution < -0.4 is 10.5 Å². The van der Waals surface area contributed by atoms with Crippen LogP contribution in [0.3, 0.4) is 0 Å². The standard InChI is InChI=1S/C18H22ClNO/c1-12(2)16-6-5-15(10-13(16)3)21-18-7-4-14(8-9-20)11-17(18)19/h4-7,10-12H,8-9,20H2,1-3H3. The van der Waals surface area contributed by atoms with Gasteiger partial charge in [0.2, 0.25) is 0 Å².